The predicted molar refractivity (Wildman–Crippen MR) is 83.5 cm³/mol. The zero-order chi connectivity index (χ0) is 15.2. The van der Waals surface area contributed by atoms with Gasteiger partial charge in [-0.15, -0.1) is 0 Å². The first-order valence-corrected chi connectivity index (χ1v) is 7.45. The van der Waals surface area contributed by atoms with E-state index in [0.29, 0.717) is 5.69 Å². The molecule has 0 radical (unpaired) electrons. The number of hydrogen-bond donors (Lipinski definition) is 1. The van der Waals surface area contributed by atoms with Crippen molar-refractivity contribution in [1.29, 1.82) is 0 Å². The molecule has 1 N–H and O–H groups in total. The Kier molecular flexibility index (Phi) is 4.45. The summed E-state index contributed by atoms with van der Waals surface area (Å²) in [7, 11) is 0. The molecule has 3 aromatic rings. The molecular weight excluding hydrogens is 298 g/mol. The standard InChI is InChI=1S/C15H13N5OS/c21-14(11-20-17-9-10-18-20)19-13-7-4-8-16-15(13)22-12-5-2-1-3-6-12/h1-10H,11H2,(H,19,21). The van der Waals surface area contributed by atoms with Crippen molar-refractivity contribution in [1.82, 2.24) is 20.0 Å². The molecule has 0 saturated carbocycles. The van der Waals surface area contributed by atoms with Crippen molar-refractivity contribution in [3.8, 4) is 0 Å². The molecule has 0 fully saturated rings. The van der Waals surface area contributed by atoms with Crippen LogP contribution in [0, 0.1) is 0 Å². The fourth-order valence-corrected chi connectivity index (χ4v) is 2.67. The van der Waals surface area contributed by atoms with E-state index in [1.165, 1.54) is 29.0 Å². The number of benzene rings is 1. The number of nitrogens with zero attached hydrogens (tertiary/aromatic N) is 4. The van der Waals surface area contributed by atoms with Gasteiger partial charge in [-0.3, -0.25) is 4.79 Å². The topological polar surface area (TPSA) is 72.7 Å². The van der Waals surface area contributed by atoms with Gasteiger partial charge in [-0.05, 0) is 24.3 Å². The second kappa shape index (κ2) is 6.86. The molecule has 1 aromatic carbocycles. The normalized spacial score (nSPS) is 10.4. The molecule has 2 aromatic heterocycles. The average Bonchev–Trinajstić information content (AvgIpc) is 3.03. The fraction of sp³-hybridized carbons (Fsp3) is 0.0667. The minimum Gasteiger partial charge on any atom is -0.322 e. The van der Waals surface area contributed by atoms with Crippen LogP contribution in [0.25, 0.3) is 0 Å². The third kappa shape index (κ3) is 3.70. The van der Waals surface area contributed by atoms with E-state index in [0.717, 1.165) is 9.92 Å². The smallest absolute Gasteiger partial charge is 0.248 e. The highest BCUT2D eigenvalue weighted by Crippen LogP contribution is 2.31. The van der Waals surface area contributed by atoms with E-state index in [2.05, 4.69) is 20.5 Å². The van der Waals surface area contributed by atoms with E-state index >= 15 is 0 Å². The van der Waals surface area contributed by atoms with E-state index in [1.807, 2.05) is 36.4 Å². The first kappa shape index (κ1) is 14.3. The van der Waals surface area contributed by atoms with E-state index in [-0.39, 0.29) is 12.5 Å². The molecule has 2 heterocycles. The third-order valence-corrected chi connectivity index (χ3v) is 3.78. The molecule has 7 heteroatoms. The number of carbonyl (C=O) groups is 1. The lowest BCUT2D eigenvalue weighted by Gasteiger charge is -2.09. The summed E-state index contributed by atoms with van der Waals surface area (Å²) >= 11 is 1.50. The van der Waals surface area contributed by atoms with Crippen molar-refractivity contribution in [3.63, 3.8) is 0 Å². The third-order valence-electron chi connectivity index (χ3n) is 2.75. The summed E-state index contributed by atoms with van der Waals surface area (Å²) in [4.78, 5) is 18.8. The second-order valence-corrected chi connectivity index (χ2v) is 5.44. The lowest BCUT2D eigenvalue weighted by molar-refractivity contribution is -0.117. The Labute approximate surface area is 131 Å². The summed E-state index contributed by atoms with van der Waals surface area (Å²) in [6.07, 6.45) is 4.78. The van der Waals surface area contributed by atoms with Gasteiger partial charge in [0.15, 0.2) is 0 Å². The molecule has 0 atom stereocenters. The van der Waals surface area contributed by atoms with Gasteiger partial charge >= 0.3 is 0 Å². The van der Waals surface area contributed by atoms with Crippen molar-refractivity contribution in [2.24, 2.45) is 0 Å². The summed E-state index contributed by atoms with van der Waals surface area (Å²) in [5.41, 5.74) is 0.675. The first-order chi connectivity index (χ1) is 10.8. The largest absolute Gasteiger partial charge is 0.322 e. The number of anilines is 1. The highest BCUT2D eigenvalue weighted by Gasteiger charge is 2.10. The number of nitrogens with one attached hydrogen (secondary N) is 1. The first-order valence-electron chi connectivity index (χ1n) is 6.63. The van der Waals surface area contributed by atoms with Crippen LogP contribution in [-0.2, 0) is 11.3 Å². The predicted octanol–water partition coefficient (Wildman–Crippen LogP) is 2.46. The Hall–Kier alpha value is -2.67. The Morgan fingerprint density at radius 1 is 1.05 bits per heavy atom. The van der Waals surface area contributed by atoms with Crippen molar-refractivity contribution in [2.45, 2.75) is 16.5 Å². The molecule has 110 valence electrons. The van der Waals surface area contributed by atoms with E-state index < -0.39 is 0 Å². The summed E-state index contributed by atoms with van der Waals surface area (Å²) < 4.78 is 0. The van der Waals surface area contributed by atoms with Gasteiger partial charge in [0.1, 0.15) is 11.6 Å². The van der Waals surface area contributed by atoms with Crippen LogP contribution in [0.2, 0.25) is 0 Å². The molecule has 0 unspecified atom stereocenters. The molecule has 3 rings (SSSR count). The Morgan fingerprint density at radius 3 is 2.59 bits per heavy atom. The van der Waals surface area contributed by atoms with Crippen molar-refractivity contribution < 1.29 is 4.79 Å². The molecule has 1 amide bonds. The van der Waals surface area contributed by atoms with Crippen LogP contribution in [0.15, 0.2) is 71.0 Å². The van der Waals surface area contributed by atoms with Gasteiger partial charge < -0.3 is 5.32 Å². The van der Waals surface area contributed by atoms with Crippen molar-refractivity contribution >= 4 is 23.4 Å². The number of hydrogen-bond acceptors (Lipinski definition) is 5. The van der Waals surface area contributed by atoms with Gasteiger partial charge in [-0.25, -0.2) is 4.98 Å². The molecule has 0 saturated heterocycles. The van der Waals surface area contributed by atoms with Crippen LogP contribution in [-0.4, -0.2) is 25.9 Å². The maximum Gasteiger partial charge on any atom is 0.248 e. The molecule has 0 aliphatic carbocycles. The number of amides is 1. The van der Waals surface area contributed by atoms with Gasteiger partial charge in [0.25, 0.3) is 0 Å². The maximum absolute atomic E-state index is 12.0. The zero-order valence-corrected chi connectivity index (χ0v) is 12.4. The highest BCUT2D eigenvalue weighted by atomic mass is 32.2. The molecule has 0 bridgehead atoms. The van der Waals surface area contributed by atoms with E-state index in [1.54, 1.807) is 12.3 Å². The SMILES string of the molecule is O=C(Cn1nccn1)Nc1cccnc1Sc1ccccc1. The lowest BCUT2D eigenvalue weighted by Crippen LogP contribution is -2.20. The fourth-order valence-electron chi connectivity index (χ4n) is 1.81. The van der Waals surface area contributed by atoms with E-state index in [4.69, 9.17) is 0 Å². The summed E-state index contributed by atoms with van der Waals surface area (Å²) in [5, 5.41) is 11.4. The van der Waals surface area contributed by atoms with Gasteiger partial charge in [0.2, 0.25) is 5.91 Å². The van der Waals surface area contributed by atoms with Gasteiger partial charge in [0, 0.05) is 11.1 Å². The van der Waals surface area contributed by atoms with Gasteiger partial charge in [-0.2, -0.15) is 15.0 Å². The number of aromatic nitrogens is 4. The summed E-state index contributed by atoms with van der Waals surface area (Å²) in [6, 6.07) is 13.5. The molecule has 6 nitrogen and oxygen atoms in total. The average molecular weight is 311 g/mol. The minimum absolute atomic E-state index is 0.0668. The zero-order valence-electron chi connectivity index (χ0n) is 11.6. The number of pyridine rings is 1. The Morgan fingerprint density at radius 2 is 1.82 bits per heavy atom. The number of rotatable bonds is 5. The van der Waals surface area contributed by atoms with E-state index in [9.17, 15) is 4.79 Å². The second-order valence-electron chi connectivity index (χ2n) is 4.38. The number of carbonyl (C=O) groups excluding carboxylic acids is 1. The van der Waals surface area contributed by atoms with Gasteiger partial charge in [-0.1, -0.05) is 30.0 Å². The van der Waals surface area contributed by atoms with Crippen LogP contribution in [0.3, 0.4) is 0 Å². The maximum atomic E-state index is 12.0. The molecular formula is C15H13N5OS. The molecule has 0 spiro atoms. The van der Waals surface area contributed by atoms with Crippen LogP contribution < -0.4 is 5.32 Å². The van der Waals surface area contributed by atoms with Gasteiger partial charge in [0.05, 0.1) is 18.1 Å². The van der Waals surface area contributed by atoms with Crippen molar-refractivity contribution in [2.75, 3.05) is 5.32 Å². The molecule has 0 aliphatic heterocycles. The van der Waals surface area contributed by atoms with Crippen LogP contribution >= 0.6 is 11.8 Å². The minimum atomic E-state index is -0.195. The quantitative estimate of drug-likeness (QED) is 0.783. The lowest BCUT2D eigenvalue weighted by atomic mass is 10.4. The molecule has 0 aliphatic rings. The Balaban J connectivity index is 1.72. The molecule has 22 heavy (non-hydrogen) atoms. The highest BCUT2D eigenvalue weighted by molar-refractivity contribution is 7.99. The van der Waals surface area contributed by atoms with Crippen molar-refractivity contribution in [3.05, 3.63) is 61.1 Å². The Bertz CT molecular complexity index is 746. The van der Waals surface area contributed by atoms with Crippen LogP contribution in [0.4, 0.5) is 5.69 Å². The van der Waals surface area contributed by atoms with Crippen LogP contribution in [0.5, 0.6) is 0 Å². The monoisotopic (exact) mass is 311 g/mol. The summed E-state index contributed by atoms with van der Waals surface area (Å²) in [5.74, 6) is -0.195. The van der Waals surface area contributed by atoms with Crippen LogP contribution in [0.1, 0.15) is 0 Å². The summed E-state index contributed by atoms with van der Waals surface area (Å²) in [6.45, 7) is 0.0668.